The van der Waals surface area contributed by atoms with E-state index in [4.69, 9.17) is 10.5 Å². The zero-order valence-electron chi connectivity index (χ0n) is 17.8. The number of ketones is 1. The molecule has 160 valence electrons. The molecule has 1 saturated heterocycles. The fourth-order valence-electron chi connectivity index (χ4n) is 4.20. The lowest BCUT2D eigenvalue weighted by atomic mass is 9.91. The van der Waals surface area contributed by atoms with Gasteiger partial charge in [0.05, 0.1) is 24.4 Å². The summed E-state index contributed by atoms with van der Waals surface area (Å²) in [6.07, 6.45) is 2.97. The molecule has 32 heavy (non-hydrogen) atoms. The summed E-state index contributed by atoms with van der Waals surface area (Å²) in [5.74, 6) is 0.387. The Morgan fingerprint density at radius 1 is 1.09 bits per heavy atom. The highest BCUT2D eigenvalue weighted by atomic mass is 16.5. The van der Waals surface area contributed by atoms with Crippen LogP contribution in [0.3, 0.4) is 0 Å². The largest absolute Gasteiger partial charge is 0.382 e. The van der Waals surface area contributed by atoms with Crippen LogP contribution in [0.25, 0.3) is 22.0 Å². The monoisotopic (exact) mass is 425 g/mol. The molecule has 0 saturated carbocycles. The Morgan fingerprint density at radius 2 is 1.94 bits per heavy atom. The van der Waals surface area contributed by atoms with E-state index in [-0.39, 0.29) is 5.78 Å². The van der Waals surface area contributed by atoms with Crippen LogP contribution in [0.5, 0.6) is 0 Å². The Morgan fingerprint density at radius 3 is 2.72 bits per heavy atom. The molecule has 1 fully saturated rings. The standard InChI is InChI=1S/C25H23N5O2/c1-16-3-2-4-19(24(31)21-7-8-27-15-28-21)23(16)17-5-6-20-18(13-17)14-22(25(26)29-20)30-9-11-32-12-10-30/h2-8,13-15H,9-12H2,1H3,(H2,26,29). The number of ether oxygens (including phenoxy) is 1. The van der Waals surface area contributed by atoms with Gasteiger partial charge in [-0.1, -0.05) is 24.3 Å². The molecule has 2 N–H and O–H groups in total. The summed E-state index contributed by atoms with van der Waals surface area (Å²) in [4.78, 5) is 28.1. The zero-order valence-corrected chi connectivity index (χ0v) is 17.8. The van der Waals surface area contributed by atoms with E-state index in [0.29, 0.717) is 30.3 Å². The molecule has 5 rings (SSSR count). The van der Waals surface area contributed by atoms with Crippen LogP contribution in [0.15, 0.2) is 61.1 Å². The van der Waals surface area contributed by atoms with Gasteiger partial charge in [-0.15, -0.1) is 0 Å². The van der Waals surface area contributed by atoms with E-state index in [0.717, 1.165) is 46.4 Å². The summed E-state index contributed by atoms with van der Waals surface area (Å²) in [7, 11) is 0. The first kappa shape index (κ1) is 20.1. The molecule has 0 aliphatic carbocycles. The first-order chi connectivity index (χ1) is 15.6. The van der Waals surface area contributed by atoms with Crippen molar-refractivity contribution in [3.8, 4) is 11.1 Å². The minimum atomic E-state index is -0.129. The van der Waals surface area contributed by atoms with E-state index < -0.39 is 0 Å². The second-order valence-corrected chi connectivity index (χ2v) is 7.82. The van der Waals surface area contributed by atoms with Crippen molar-refractivity contribution in [2.75, 3.05) is 36.9 Å². The average molecular weight is 425 g/mol. The first-order valence-electron chi connectivity index (χ1n) is 10.6. The second kappa shape index (κ2) is 8.36. The van der Waals surface area contributed by atoms with Gasteiger partial charge in [-0.2, -0.15) is 0 Å². The lowest BCUT2D eigenvalue weighted by molar-refractivity contribution is 0.103. The molecular weight excluding hydrogens is 402 g/mol. The molecule has 2 aromatic carbocycles. The number of nitrogens with two attached hydrogens (primary N) is 1. The van der Waals surface area contributed by atoms with E-state index in [1.165, 1.54) is 6.33 Å². The Balaban J connectivity index is 1.62. The van der Waals surface area contributed by atoms with Crippen LogP contribution in [0.1, 0.15) is 21.6 Å². The number of carbonyl (C=O) groups is 1. The van der Waals surface area contributed by atoms with E-state index in [1.54, 1.807) is 12.3 Å². The van der Waals surface area contributed by atoms with Crippen molar-refractivity contribution in [2.24, 2.45) is 0 Å². The van der Waals surface area contributed by atoms with Crippen LogP contribution in [-0.2, 0) is 4.74 Å². The molecule has 3 heterocycles. The first-order valence-corrected chi connectivity index (χ1v) is 10.6. The van der Waals surface area contributed by atoms with Crippen molar-refractivity contribution in [3.63, 3.8) is 0 Å². The maximum atomic E-state index is 13.2. The Bertz CT molecular complexity index is 1300. The van der Waals surface area contributed by atoms with Crippen molar-refractivity contribution in [2.45, 2.75) is 6.92 Å². The van der Waals surface area contributed by atoms with Gasteiger partial charge >= 0.3 is 0 Å². The topological polar surface area (TPSA) is 94.2 Å². The maximum Gasteiger partial charge on any atom is 0.212 e. The Labute approximate surface area is 185 Å². The minimum Gasteiger partial charge on any atom is -0.382 e. The number of nitrogens with zero attached hydrogens (tertiary/aromatic N) is 4. The molecule has 0 atom stereocenters. The summed E-state index contributed by atoms with van der Waals surface area (Å²) in [6.45, 7) is 4.93. The summed E-state index contributed by atoms with van der Waals surface area (Å²) >= 11 is 0. The van der Waals surface area contributed by atoms with E-state index in [2.05, 4.69) is 32.0 Å². The Hall–Kier alpha value is -3.84. The van der Waals surface area contributed by atoms with Crippen LogP contribution in [-0.4, -0.2) is 47.0 Å². The number of morpholine rings is 1. The van der Waals surface area contributed by atoms with Crippen molar-refractivity contribution >= 4 is 28.2 Å². The van der Waals surface area contributed by atoms with Gasteiger partial charge in [-0.3, -0.25) is 4.79 Å². The third-order valence-corrected chi connectivity index (χ3v) is 5.80. The second-order valence-electron chi connectivity index (χ2n) is 7.82. The zero-order chi connectivity index (χ0) is 22.1. The van der Waals surface area contributed by atoms with Gasteiger partial charge in [0.25, 0.3) is 0 Å². The SMILES string of the molecule is Cc1cccc(C(=O)c2ccncn2)c1-c1ccc2nc(N)c(N3CCOCC3)cc2c1. The normalized spacial score (nSPS) is 14.0. The van der Waals surface area contributed by atoms with Crippen molar-refractivity contribution in [3.05, 3.63) is 77.9 Å². The van der Waals surface area contributed by atoms with Crippen LogP contribution in [0.2, 0.25) is 0 Å². The summed E-state index contributed by atoms with van der Waals surface area (Å²) in [5.41, 5.74) is 11.8. The quantitative estimate of drug-likeness (QED) is 0.499. The molecule has 1 aliphatic rings. The predicted octanol–water partition coefficient (Wildman–Crippen LogP) is 3.65. The van der Waals surface area contributed by atoms with Gasteiger partial charge in [0, 0.05) is 30.2 Å². The van der Waals surface area contributed by atoms with Gasteiger partial charge in [-0.25, -0.2) is 15.0 Å². The summed E-state index contributed by atoms with van der Waals surface area (Å²) in [6, 6.07) is 15.5. The summed E-state index contributed by atoms with van der Waals surface area (Å²) in [5, 5.41) is 0.974. The number of aromatic nitrogens is 3. The number of benzene rings is 2. The number of hydrogen-bond acceptors (Lipinski definition) is 7. The number of hydrogen-bond donors (Lipinski definition) is 1. The lowest BCUT2D eigenvalue weighted by Crippen LogP contribution is -2.36. The molecule has 1 aliphatic heterocycles. The van der Waals surface area contributed by atoms with E-state index in [9.17, 15) is 4.79 Å². The fourth-order valence-corrected chi connectivity index (χ4v) is 4.20. The minimum absolute atomic E-state index is 0.129. The highest BCUT2D eigenvalue weighted by Crippen LogP contribution is 2.33. The van der Waals surface area contributed by atoms with Crippen LogP contribution in [0.4, 0.5) is 11.5 Å². The van der Waals surface area contributed by atoms with E-state index in [1.807, 2.05) is 37.3 Å². The molecule has 2 aromatic heterocycles. The third kappa shape index (κ3) is 3.67. The van der Waals surface area contributed by atoms with Crippen LogP contribution in [0, 0.1) is 6.92 Å². The molecule has 7 heteroatoms. The van der Waals surface area contributed by atoms with Crippen molar-refractivity contribution < 1.29 is 9.53 Å². The number of nitrogen functional groups attached to an aromatic ring is 1. The molecule has 0 bridgehead atoms. The van der Waals surface area contributed by atoms with Gasteiger partial charge in [-0.05, 0) is 47.9 Å². The number of anilines is 2. The van der Waals surface area contributed by atoms with E-state index >= 15 is 0 Å². The molecule has 7 nitrogen and oxygen atoms in total. The third-order valence-electron chi connectivity index (χ3n) is 5.80. The van der Waals surface area contributed by atoms with Crippen molar-refractivity contribution in [1.82, 2.24) is 15.0 Å². The van der Waals surface area contributed by atoms with Gasteiger partial charge in [0.2, 0.25) is 5.78 Å². The number of carbonyl (C=O) groups excluding carboxylic acids is 1. The molecule has 0 amide bonds. The highest BCUT2D eigenvalue weighted by molar-refractivity contribution is 6.12. The number of rotatable bonds is 4. The average Bonchev–Trinajstić information content (AvgIpc) is 2.84. The fraction of sp³-hybridized carbons (Fsp3) is 0.200. The molecule has 0 unspecified atom stereocenters. The molecular formula is C25H23N5O2. The van der Waals surface area contributed by atoms with Gasteiger partial charge in [0.15, 0.2) is 0 Å². The predicted molar refractivity (Wildman–Crippen MR) is 125 cm³/mol. The molecule has 0 radical (unpaired) electrons. The van der Waals surface area contributed by atoms with Crippen molar-refractivity contribution in [1.29, 1.82) is 0 Å². The molecule has 0 spiro atoms. The number of pyridine rings is 1. The van der Waals surface area contributed by atoms with Gasteiger partial charge in [0.1, 0.15) is 17.8 Å². The Kier molecular flexibility index (Phi) is 5.25. The lowest BCUT2D eigenvalue weighted by Gasteiger charge is -2.29. The van der Waals surface area contributed by atoms with Crippen LogP contribution >= 0.6 is 0 Å². The number of aryl methyl sites for hydroxylation is 1. The highest BCUT2D eigenvalue weighted by Gasteiger charge is 2.19. The molecule has 4 aromatic rings. The smallest absolute Gasteiger partial charge is 0.212 e. The summed E-state index contributed by atoms with van der Waals surface area (Å²) < 4.78 is 5.47. The maximum absolute atomic E-state index is 13.2. The van der Waals surface area contributed by atoms with Gasteiger partial charge < -0.3 is 15.4 Å². The van der Waals surface area contributed by atoms with Crippen LogP contribution < -0.4 is 10.6 Å². The number of fused-ring (bicyclic) bond motifs is 1.